The number of nitrogens with zero attached hydrogens (tertiary/aromatic N) is 1. The van der Waals surface area contributed by atoms with Crippen LogP contribution in [0.4, 0.5) is 0 Å². The van der Waals surface area contributed by atoms with Gasteiger partial charge in [0.1, 0.15) is 0 Å². The van der Waals surface area contributed by atoms with Gasteiger partial charge in [-0.1, -0.05) is 13.8 Å². The highest BCUT2D eigenvalue weighted by molar-refractivity contribution is 5.65. The van der Waals surface area contributed by atoms with Crippen LogP contribution in [0.15, 0.2) is 0 Å². The summed E-state index contributed by atoms with van der Waals surface area (Å²) in [5, 5.41) is 0. The maximum atomic E-state index is 4.10. The van der Waals surface area contributed by atoms with E-state index in [2.05, 4.69) is 18.5 Å². The van der Waals surface area contributed by atoms with Crippen molar-refractivity contribution in [3.8, 4) is 0 Å². The Labute approximate surface area is 69.7 Å². The Morgan fingerprint density at radius 1 is 1.00 bits per heavy atom. The average molecular weight is 162 g/mol. The molecule has 0 fully saturated rings. The molecule has 0 radical (unpaired) electrons. The molecule has 0 N–H and O–H groups in total. The molecule has 0 aromatic rings. The third-order valence-corrected chi connectivity index (χ3v) is 1.05. The molecule has 10 heavy (non-hydrogen) atoms. The molecular weight excluding hydrogens is 146 g/mol. The highest BCUT2D eigenvalue weighted by atomic mass is 35.5. The van der Waals surface area contributed by atoms with Crippen molar-refractivity contribution in [1.82, 2.24) is 4.67 Å². The molecule has 0 saturated carbocycles. The Bertz CT molecular complexity index is 93.8. The Morgan fingerprint density at radius 2 is 1.40 bits per heavy atom. The minimum Gasteiger partial charge on any atom is -1.00 e. The predicted molar refractivity (Wildman–Crippen MR) is 44.1 cm³/mol. The number of hydrogen-bond acceptors (Lipinski definition) is 0. The molecule has 0 heterocycles. The summed E-state index contributed by atoms with van der Waals surface area (Å²) >= 11 is 0. The fraction of sp³-hybridized carbons (Fsp3) is 0.750. The molecular formula is C8H16ClN. The lowest BCUT2D eigenvalue weighted by Crippen LogP contribution is -3.00. The molecule has 0 bridgehead atoms. The van der Waals surface area contributed by atoms with Crippen LogP contribution in [0.5, 0.6) is 0 Å². The molecule has 60 valence electrons. The van der Waals surface area contributed by atoms with E-state index in [1.165, 1.54) is 12.8 Å². The molecule has 0 rings (SSSR count). The topological polar surface area (TPSA) is 14.1 Å². The largest absolute Gasteiger partial charge is 1.00 e. The lowest BCUT2D eigenvalue weighted by molar-refractivity contribution is -0.00000216. The minimum atomic E-state index is 0. The summed E-state index contributed by atoms with van der Waals surface area (Å²) in [5.74, 6) is 0. The summed E-state index contributed by atoms with van der Waals surface area (Å²) < 4.78 is 4.10. The maximum Gasteiger partial charge on any atom is 0.268 e. The van der Waals surface area contributed by atoms with Gasteiger partial charge in [-0.05, 0) is 12.8 Å². The van der Waals surface area contributed by atoms with Gasteiger partial charge in [0.25, 0.3) is 12.4 Å². The number of halogens is 1. The van der Waals surface area contributed by atoms with Crippen LogP contribution >= 0.6 is 0 Å². The summed E-state index contributed by atoms with van der Waals surface area (Å²) in [5.41, 5.74) is 0. The van der Waals surface area contributed by atoms with E-state index >= 15 is 0 Å². The lowest BCUT2D eigenvalue weighted by atomic mass is 10.3. The highest BCUT2D eigenvalue weighted by Crippen LogP contribution is 1.77. The standard InChI is InChI=1S/C8H16N.ClH/c1-3-5-7-9-8-6-4-2;/h7-8H,3-6H2,1-2H3;1H/q+1;/p-1. The van der Waals surface area contributed by atoms with Gasteiger partial charge in [0.15, 0.2) is 0 Å². The van der Waals surface area contributed by atoms with Crippen LogP contribution in [-0.2, 0) is 0 Å². The van der Waals surface area contributed by atoms with E-state index in [0.29, 0.717) is 0 Å². The molecule has 0 aromatic heterocycles. The van der Waals surface area contributed by atoms with E-state index in [4.69, 9.17) is 0 Å². The molecule has 1 nitrogen and oxygen atoms in total. The molecule has 0 unspecified atom stereocenters. The van der Waals surface area contributed by atoms with E-state index in [9.17, 15) is 0 Å². The van der Waals surface area contributed by atoms with Crippen molar-refractivity contribution in [2.75, 3.05) is 0 Å². The predicted octanol–water partition coefficient (Wildman–Crippen LogP) is -1.20. The van der Waals surface area contributed by atoms with E-state index in [1.807, 2.05) is 12.4 Å². The molecule has 0 atom stereocenters. The van der Waals surface area contributed by atoms with Gasteiger partial charge < -0.3 is 12.4 Å². The molecule has 0 spiro atoms. The van der Waals surface area contributed by atoms with Crippen LogP contribution in [0.25, 0.3) is 0 Å². The maximum absolute atomic E-state index is 4.10. The highest BCUT2D eigenvalue weighted by Gasteiger charge is 1.80. The zero-order valence-electron chi connectivity index (χ0n) is 6.81. The third kappa shape index (κ3) is 10.7. The minimum absolute atomic E-state index is 0. The van der Waals surface area contributed by atoms with Crippen molar-refractivity contribution >= 4 is 12.4 Å². The molecule has 2 heteroatoms. The van der Waals surface area contributed by atoms with Gasteiger partial charge in [-0.25, -0.2) is 0 Å². The smallest absolute Gasteiger partial charge is 0.268 e. The molecule has 0 aliphatic carbocycles. The first-order chi connectivity index (χ1) is 4.41. The first-order valence-electron chi connectivity index (χ1n) is 3.75. The second-order valence-electron chi connectivity index (χ2n) is 2.09. The zero-order chi connectivity index (χ0) is 6.95. The summed E-state index contributed by atoms with van der Waals surface area (Å²) in [6.45, 7) is 4.32. The van der Waals surface area contributed by atoms with E-state index in [0.717, 1.165) is 12.8 Å². The van der Waals surface area contributed by atoms with Crippen LogP contribution in [0.3, 0.4) is 0 Å². The average Bonchev–Trinajstić information content (AvgIpc) is 1.89. The van der Waals surface area contributed by atoms with Crippen molar-refractivity contribution in [2.45, 2.75) is 39.5 Å². The van der Waals surface area contributed by atoms with Gasteiger partial charge in [-0.15, -0.1) is 4.67 Å². The summed E-state index contributed by atoms with van der Waals surface area (Å²) in [7, 11) is 0. The Balaban J connectivity index is 0. The molecule has 0 saturated heterocycles. The summed E-state index contributed by atoms with van der Waals surface area (Å²) in [6.07, 6.45) is 8.58. The fourth-order valence-electron chi connectivity index (χ4n) is 0.482. The Hall–Kier alpha value is -0.260. The third-order valence-electron chi connectivity index (χ3n) is 1.05. The van der Waals surface area contributed by atoms with Crippen LogP contribution in [-0.4, -0.2) is 12.4 Å². The molecule has 0 aliphatic heterocycles. The van der Waals surface area contributed by atoms with Gasteiger partial charge in [0, 0.05) is 12.8 Å². The first-order valence-corrected chi connectivity index (χ1v) is 3.75. The second kappa shape index (κ2) is 11.5. The summed E-state index contributed by atoms with van der Waals surface area (Å²) in [4.78, 5) is 0. The normalized spacial score (nSPS) is 7.40. The van der Waals surface area contributed by atoms with Gasteiger partial charge in [-0.2, -0.15) is 0 Å². The van der Waals surface area contributed by atoms with Gasteiger partial charge >= 0.3 is 0 Å². The van der Waals surface area contributed by atoms with Gasteiger partial charge in [0.05, 0.1) is 0 Å². The van der Waals surface area contributed by atoms with Crippen LogP contribution < -0.4 is 17.1 Å². The summed E-state index contributed by atoms with van der Waals surface area (Å²) in [6, 6.07) is 0. The van der Waals surface area contributed by atoms with Crippen molar-refractivity contribution in [1.29, 1.82) is 0 Å². The van der Waals surface area contributed by atoms with E-state index in [1.54, 1.807) is 0 Å². The number of hydrogen-bond donors (Lipinski definition) is 0. The zero-order valence-corrected chi connectivity index (χ0v) is 7.56. The fourth-order valence-corrected chi connectivity index (χ4v) is 0.482. The molecule has 0 aromatic carbocycles. The molecule has 0 aliphatic rings. The van der Waals surface area contributed by atoms with Crippen molar-refractivity contribution in [3.05, 3.63) is 0 Å². The van der Waals surface area contributed by atoms with Crippen LogP contribution in [0.1, 0.15) is 39.5 Å². The Kier molecular flexibility index (Phi) is 14.3. The SMILES string of the molecule is CCCC=[N+]=CCCC.[Cl-]. The van der Waals surface area contributed by atoms with Crippen molar-refractivity contribution in [2.24, 2.45) is 0 Å². The second-order valence-corrected chi connectivity index (χ2v) is 2.09. The van der Waals surface area contributed by atoms with Crippen molar-refractivity contribution < 1.29 is 12.4 Å². The van der Waals surface area contributed by atoms with Gasteiger partial charge in [-0.3, -0.25) is 0 Å². The quantitative estimate of drug-likeness (QED) is 0.364. The van der Waals surface area contributed by atoms with E-state index in [-0.39, 0.29) is 12.4 Å². The van der Waals surface area contributed by atoms with Crippen LogP contribution in [0.2, 0.25) is 0 Å². The van der Waals surface area contributed by atoms with E-state index < -0.39 is 0 Å². The van der Waals surface area contributed by atoms with Crippen LogP contribution in [0, 0.1) is 0 Å². The molecule has 0 amide bonds. The number of rotatable bonds is 4. The van der Waals surface area contributed by atoms with Crippen molar-refractivity contribution in [3.63, 3.8) is 0 Å². The monoisotopic (exact) mass is 161 g/mol. The lowest BCUT2D eigenvalue weighted by Gasteiger charge is -1.69. The first kappa shape index (κ1) is 12.4. The number of unbranched alkanes of at least 4 members (excludes halogenated alkanes) is 2. The van der Waals surface area contributed by atoms with Gasteiger partial charge in [0.2, 0.25) is 0 Å². The Morgan fingerprint density at radius 3 is 1.70 bits per heavy atom.